The van der Waals surface area contributed by atoms with Crippen LogP contribution in [0.3, 0.4) is 0 Å². The highest BCUT2D eigenvalue weighted by molar-refractivity contribution is 5.82. The summed E-state index contributed by atoms with van der Waals surface area (Å²) in [5.41, 5.74) is 5.68. The molecule has 0 saturated heterocycles. The Hall–Kier alpha value is -1.86. The Morgan fingerprint density at radius 3 is 2.38 bits per heavy atom. The van der Waals surface area contributed by atoms with E-state index in [2.05, 4.69) is 15.0 Å². The number of halogens is 3. The van der Waals surface area contributed by atoms with Gasteiger partial charge in [-0.15, -0.1) is 0 Å². The molecule has 0 bridgehead atoms. The van der Waals surface area contributed by atoms with E-state index >= 15 is 0 Å². The van der Waals surface area contributed by atoms with E-state index in [1.807, 2.05) is 0 Å². The zero-order valence-corrected chi connectivity index (χ0v) is 8.50. The van der Waals surface area contributed by atoms with Crippen LogP contribution >= 0.6 is 0 Å². The molecule has 0 aromatic carbocycles. The summed E-state index contributed by atoms with van der Waals surface area (Å²) in [5, 5.41) is 0. The highest BCUT2D eigenvalue weighted by atomic mass is 19.4. The Kier molecular flexibility index (Phi) is 2.04. The number of nitrogens with zero attached hydrogens (tertiary/aromatic N) is 4. The van der Waals surface area contributed by atoms with E-state index in [1.54, 1.807) is 14.0 Å². The Labute approximate surface area is 88.1 Å². The van der Waals surface area contributed by atoms with Crippen molar-refractivity contribution in [1.82, 2.24) is 19.5 Å². The number of aryl methyl sites for hydroxylation is 2. The van der Waals surface area contributed by atoms with Crippen LogP contribution in [0, 0.1) is 6.92 Å². The Morgan fingerprint density at radius 2 is 1.81 bits per heavy atom. The fourth-order valence-corrected chi connectivity index (χ4v) is 1.32. The molecule has 5 nitrogen and oxygen atoms in total. The largest absolute Gasteiger partial charge is 0.451 e. The van der Waals surface area contributed by atoms with Crippen molar-refractivity contribution in [3.05, 3.63) is 11.6 Å². The number of nitrogen functional groups attached to an aromatic ring is 1. The first-order valence-corrected chi connectivity index (χ1v) is 4.34. The van der Waals surface area contributed by atoms with Crippen molar-refractivity contribution in [1.29, 1.82) is 0 Å². The fourth-order valence-electron chi connectivity index (χ4n) is 1.32. The lowest BCUT2D eigenvalue weighted by Gasteiger charge is -2.05. The highest BCUT2D eigenvalue weighted by Gasteiger charge is 2.36. The number of alkyl halides is 3. The van der Waals surface area contributed by atoms with Crippen LogP contribution in [-0.2, 0) is 13.2 Å². The lowest BCUT2D eigenvalue weighted by molar-refractivity contribution is -0.144. The maximum absolute atomic E-state index is 12.4. The van der Waals surface area contributed by atoms with Crippen LogP contribution in [0.4, 0.5) is 19.0 Å². The zero-order valence-electron chi connectivity index (χ0n) is 8.50. The molecular formula is C8H8F3N5. The van der Waals surface area contributed by atoms with Gasteiger partial charge in [0.2, 0.25) is 5.82 Å². The molecule has 8 heteroatoms. The third kappa shape index (κ3) is 1.46. The standard InChI is InChI=1S/C8H8F3N5/c1-3-13-4-5(12)14-7(8(9,10)11)15-6(4)16(3)2/h1-2H3,(H2,12,14,15). The van der Waals surface area contributed by atoms with Crippen LogP contribution in [0.2, 0.25) is 0 Å². The molecule has 0 saturated carbocycles. The molecule has 0 spiro atoms. The lowest BCUT2D eigenvalue weighted by atomic mass is 10.4. The number of rotatable bonds is 0. The number of hydrogen-bond acceptors (Lipinski definition) is 4. The molecule has 0 unspecified atom stereocenters. The van der Waals surface area contributed by atoms with E-state index in [0.29, 0.717) is 5.82 Å². The summed E-state index contributed by atoms with van der Waals surface area (Å²) in [6.45, 7) is 1.65. The van der Waals surface area contributed by atoms with Crippen LogP contribution in [0.1, 0.15) is 11.6 Å². The monoisotopic (exact) mass is 231 g/mol. The zero-order chi connectivity index (χ0) is 12.1. The predicted octanol–water partition coefficient (Wildman–Crippen LogP) is 1.27. The molecule has 0 aliphatic rings. The first-order valence-electron chi connectivity index (χ1n) is 4.34. The van der Waals surface area contributed by atoms with Gasteiger partial charge in [0.05, 0.1) is 0 Å². The van der Waals surface area contributed by atoms with Crippen molar-refractivity contribution in [2.75, 3.05) is 5.73 Å². The average Bonchev–Trinajstić information content (AvgIpc) is 2.44. The van der Waals surface area contributed by atoms with Crippen molar-refractivity contribution in [3.8, 4) is 0 Å². The van der Waals surface area contributed by atoms with Gasteiger partial charge in [-0.2, -0.15) is 13.2 Å². The number of anilines is 1. The fraction of sp³-hybridized carbons (Fsp3) is 0.375. The molecule has 0 atom stereocenters. The second kappa shape index (κ2) is 3.06. The number of fused-ring (bicyclic) bond motifs is 1. The highest BCUT2D eigenvalue weighted by Crippen LogP contribution is 2.29. The summed E-state index contributed by atoms with van der Waals surface area (Å²) in [6, 6.07) is 0. The van der Waals surface area contributed by atoms with E-state index in [9.17, 15) is 13.2 Å². The third-order valence-electron chi connectivity index (χ3n) is 2.22. The molecule has 0 fully saturated rings. The summed E-state index contributed by atoms with van der Waals surface area (Å²) in [5.74, 6) is -0.989. The van der Waals surface area contributed by atoms with Crippen molar-refractivity contribution in [2.24, 2.45) is 7.05 Å². The maximum atomic E-state index is 12.4. The second-order valence-electron chi connectivity index (χ2n) is 3.32. The van der Waals surface area contributed by atoms with Gasteiger partial charge in [-0.1, -0.05) is 0 Å². The van der Waals surface area contributed by atoms with Crippen molar-refractivity contribution >= 4 is 17.0 Å². The van der Waals surface area contributed by atoms with Gasteiger partial charge >= 0.3 is 6.18 Å². The van der Waals surface area contributed by atoms with E-state index in [4.69, 9.17) is 5.73 Å². The number of imidazole rings is 1. The SMILES string of the molecule is Cc1nc2c(N)nc(C(F)(F)F)nc2n1C. The van der Waals surface area contributed by atoms with Crippen LogP contribution in [0.25, 0.3) is 11.2 Å². The quantitative estimate of drug-likeness (QED) is 0.741. The molecule has 0 aliphatic heterocycles. The molecule has 2 aromatic heterocycles. The van der Waals surface area contributed by atoms with Crippen molar-refractivity contribution < 1.29 is 13.2 Å². The number of nitrogens with two attached hydrogens (primary N) is 1. The molecule has 86 valence electrons. The van der Waals surface area contributed by atoms with Crippen LogP contribution in [0.15, 0.2) is 0 Å². The summed E-state index contributed by atoms with van der Waals surface area (Å²) in [7, 11) is 1.57. The van der Waals surface area contributed by atoms with Crippen LogP contribution in [0.5, 0.6) is 0 Å². The Morgan fingerprint density at radius 1 is 1.19 bits per heavy atom. The molecule has 2 N–H and O–H groups in total. The van der Waals surface area contributed by atoms with Crippen LogP contribution in [-0.4, -0.2) is 19.5 Å². The van der Waals surface area contributed by atoms with Gasteiger partial charge in [-0.25, -0.2) is 15.0 Å². The van der Waals surface area contributed by atoms with Crippen molar-refractivity contribution in [3.63, 3.8) is 0 Å². The van der Waals surface area contributed by atoms with Gasteiger partial charge in [0.1, 0.15) is 5.82 Å². The first-order chi connectivity index (χ1) is 7.30. The van der Waals surface area contributed by atoms with Gasteiger partial charge in [-0.05, 0) is 6.92 Å². The second-order valence-corrected chi connectivity index (χ2v) is 3.32. The van der Waals surface area contributed by atoms with E-state index in [0.717, 1.165) is 0 Å². The minimum Gasteiger partial charge on any atom is -0.382 e. The third-order valence-corrected chi connectivity index (χ3v) is 2.22. The average molecular weight is 231 g/mol. The maximum Gasteiger partial charge on any atom is 0.451 e. The van der Waals surface area contributed by atoms with Gasteiger partial charge in [0, 0.05) is 7.05 Å². The number of aromatic nitrogens is 4. The molecule has 0 amide bonds. The minimum atomic E-state index is -4.61. The molecule has 0 aliphatic carbocycles. The van der Waals surface area contributed by atoms with Gasteiger partial charge in [0.25, 0.3) is 0 Å². The smallest absolute Gasteiger partial charge is 0.382 e. The molecule has 16 heavy (non-hydrogen) atoms. The predicted molar refractivity (Wildman–Crippen MR) is 50.5 cm³/mol. The first kappa shape index (κ1) is 10.7. The van der Waals surface area contributed by atoms with E-state index < -0.39 is 12.0 Å². The normalized spacial score (nSPS) is 12.3. The Bertz CT molecular complexity index is 557. The summed E-state index contributed by atoms with van der Waals surface area (Å²) in [6.07, 6.45) is -4.61. The number of hydrogen-bond donors (Lipinski definition) is 1. The summed E-state index contributed by atoms with van der Waals surface area (Å²) < 4.78 is 38.7. The van der Waals surface area contributed by atoms with E-state index in [1.165, 1.54) is 4.57 Å². The minimum absolute atomic E-state index is 0.0809. The molecule has 2 heterocycles. The topological polar surface area (TPSA) is 69.6 Å². The summed E-state index contributed by atoms with van der Waals surface area (Å²) in [4.78, 5) is 10.6. The molecule has 0 radical (unpaired) electrons. The van der Waals surface area contributed by atoms with Gasteiger partial charge in [0.15, 0.2) is 17.0 Å². The molecule has 2 aromatic rings. The van der Waals surface area contributed by atoms with Crippen LogP contribution < -0.4 is 5.73 Å². The molecular weight excluding hydrogens is 223 g/mol. The summed E-state index contributed by atoms with van der Waals surface area (Å²) >= 11 is 0. The Balaban J connectivity index is 2.80. The molecule has 2 rings (SSSR count). The van der Waals surface area contributed by atoms with Crippen molar-refractivity contribution in [2.45, 2.75) is 13.1 Å². The van der Waals surface area contributed by atoms with Gasteiger partial charge < -0.3 is 10.3 Å². The van der Waals surface area contributed by atoms with E-state index in [-0.39, 0.29) is 17.0 Å². The van der Waals surface area contributed by atoms with Gasteiger partial charge in [-0.3, -0.25) is 0 Å². The lowest BCUT2D eigenvalue weighted by Crippen LogP contribution is -2.13.